The second-order valence-electron chi connectivity index (χ2n) is 6.19. The Morgan fingerprint density at radius 1 is 1.29 bits per heavy atom. The fourth-order valence-corrected chi connectivity index (χ4v) is 5.02. The number of nitrogens with zero attached hydrogens (tertiary/aromatic N) is 2. The van der Waals surface area contributed by atoms with Gasteiger partial charge in [-0.15, -0.1) is 0 Å². The van der Waals surface area contributed by atoms with Gasteiger partial charge in [0, 0.05) is 34.9 Å². The Hall–Kier alpha value is -0.970. The number of aromatic nitrogens is 2. The van der Waals surface area contributed by atoms with Crippen LogP contribution in [0.1, 0.15) is 42.9 Å². The zero-order valence-corrected chi connectivity index (χ0v) is 15.7. The molecule has 0 amide bonds. The van der Waals surface area contributed by atoms with Crippen molar-refractivity contribution < 1.29 is 4.79 Å². The Balaban J connectivity index is 1.80. The van der Waals surface area contributed by atoms with Gasteiger partial charge < -0.3 is 4.57 Å². The quantitative estimate of drug-likeness (QED) is 0.657. The molecule has 6 heteroatoms. The highest BCUT2D eigenvalue weighted by Crippen LogP contribution is 2.40. The Morgan fingerprint density at radius 3 is 2.75 bits per heavy atom. The lowest BCUT2D eigenvalue weighted by atomic mass is 9.90. The van der Waals surface area contributed by atoms with E-state index in [1.807, 2.05) is 22.9 Å². The second kappa shape index (κ2) is 8.41. The van der Waals surface area contributed by atoms with Gasteiger partial charge in [-0.3, -0.25) is 4.79 Å². The van der Waals surface area contributed by atoms with Gasteiger partial charge in [0.05, 0.1) is 11.6 Å². The summed E-state index contributed by atoms with van der Waals surface area (Å²) < 4.78 is 1.98. The summed E-state index contributed by atoms with van der Waals surface area (Å²) in [6, 6.07) is 5.49. The first kappa shape index (κ1) is 17.8. The highest BCUT2D eigenvalue weighted by molar-refractivity contribution is 8.13. The molecule has 2 aromatic rings. The minimum atomic E-state index is -0.0432. The topological polar surface area (TPSA) is 34.9 Å². The summed E-state index contributed by atoms with van der Waals surface area (Å²) in [6.45, 7) is 0.657. The van der Waals surface area contributed by atoms with Gasteiger partial charge in [0.1, 0.15) is 0 Å². The molecule has 0 N–H and O–H groups in total. The average Bonchev–Trinajstić information content (AvgIpc) is 3.08. The highest BCUT2D eigenvalue weighted by atomic mass is 35.5. The number of hydrogen-bond acceptors (Lipinski definition) is 3. The van der Waals surface area contributed by atoms with Crippen LogP contribution in [0.15, 0.2) is 36.9 Å². The Kier molecular flexibility index (Phi) is 6.25. The van der Waals surface area contributed by atoms with E-state index in [-0.39, 0.29) is 16.3 Å². The molecule has 1 atom stereocenters. The van der Waals surface area contributed by atoms with Crippen molar-refractivity contribution in [2.24, 2.45) is 5.92 Å². The third-order valence-corrected chi connectivity index (χ3v) is 6.26. The van der Waals surface area contributed by atoms with Crippen LogP contribution in [0.3, 0.4) is 0 Å². The summed E-state index contributed by atoms with van der Waals surface area (Å²) in [7, 11) is 0. The molecule has 0 aliphatic heterocycles. The van der Waals surface area contributed by atoms with Crippen LogP contribution >= 0.6 is 35.0 Å². The van der Waals surface area contributed by atoms with Crippen LogP contribution in [-0.4, -0.2) is 14.7 Å². The second-order valence-corrected chi connectivity index (χ2v) is 8.24. The molecule has 1 fully saturated rings. The van der Waals surface area contributed by atoms with Crippen molar-refractivity contribution in [3.8, 4) is 0 Å². The van der Waals surface area contributed by atoms with Crippen LogP contribution in [0.25, 0.3) is 0 Å². The van der Waals surface area contributed by atoms with E-state index in [1.54, 1.807) is 18.6 Å². The summed E-state index contributed by atoms with van der Waals surface area (Å²) in [5, 5.41) is 1.45. The van der Waals surface area contributed by atoms with Crippen molar-refractivity contribution in [2.75, 3.05) is 0 Å². The third-order valence-electron chi connectivity index (χ3n) is 4.44. The van der Waals surface area contributed by atoms with Crippen molar-refractivity contribution in [3.05, 3.63) is 52.5 Å². The molecule has 1 aliphatic carbocycles. The number of carbonyl (C=O) groups excluding carboxylic acids is 1. The number of thioether (sulfide) groups is 1. The number of rotatable bonds is 5. The van der Waals surface area contributed by atoms with Crippen molar-refractivity contribution in [3.63, 3.8) is 0 Å². The molecular weight excluding hydrogens is 363 g/mol. The van der Waals surface area contributed by atoms with E-state index in [9.17, 15) is 4.79 Å². The first-order valence-corrected chi connectivity index (χ1v) is 9.88. The monoisotopic (exact) mass is 382 g/mol. The van der Waals surface area contributed by atoms with Crippen LogP contribution in [-0.2, 0) is 11.3 Å². The first-order valence-electron chi connectivity index (χ1n) is 8.24. The van der Waals surface area contributed by atoms with Crippen molar-refractivity contribution in [1.82, 2.24) is 9.55 Å². The number of imidazole rings is 1. The first-order chi connectivity index (χ1) is 11.6. The molecule has 0 bridgehead atoms. The predicted molar refractivity (Wildman–Crippen MR) is 101 cm³/mol. The van der Waals surface area contributed by atoms with E-state index < -0.39 is 0 Å². The number of halogens is 2. The molecule has 24 heavy (non-hydrogen) atoms. The largest absolute Gasteiger partial charge is 0.336 e. The van der Waals surface area contributed by atoms with E-state index in [0.29, 0.717) is 16.6 Å². The molecule has 128 valence electrons. The smallest absolute Gasteiger partial charge is 0.192 e. The summed E-state index contributed by atoms with van der Waals surface area (Å²) in [5.41, 5.74) is 0.948. The molecule has 1 heterocycles. The van der Waals surface area contributed by atoms with Gasteiger partial charge in [0.2, 0.25) is 0 Å². The van der Waals surface area contributed by atoms with Gasteiger partial charge in [-0.2, -0.15) is 0 Å². The highest BCUT2D eigenvalue weighted by Gasteiger charge is 2.26. The molecule has 0 radical (unpaired) electrons. The van der Waals surface area contributed by atoms with Gasteiger partial charge in [-0.1, -0.05) is 60.3 Å². The summed E-state index contributed by atoms with van der Waals surface area (Å²) >= 11 is 13.8. The van der Waals surface area contributed by atoms with E-state index in [2.05, 4.69) is 4.98 Å². The maximum atomic E-state index is 12.8. The van der Waals surface area contributed by atoms with E-state index in [4.69, 9.17) is 23.2 Å². The molecule has 3 nitrogen and oxygen atoms in total. The van der Waals surface area contributed by atoms with Gasteiger partial charge in [0.15, 0.2) is 5.12 Å². The maximum absolute atomic E-state index is 12.8. The van der Waals surface area contributed by atoms with Gasteiger partial charge in [-0.25, -0.2) is 4.98 Å². The standard InChI is InChI=1S/C18H20Cl2N2OS/c19-14-6-7-15(16(20)10-14)17(11-22-9-8-21-12-22)24-18(23)13-4-2-1-3-5-13/h6-10,12-13,17H,1-5,11H2. The molecule has 3 rings (SSSR count). The number of benzene rings is 1. The van der Waals surface area contributed by atoms with Gasteiger partial charge in [0.25, 0.3) is 0 Å². The minimum Gasteiger partial charge on any atom is -0.336 e. The van der Waals surface area contributed by atoms with Crippen molar-refractivity contribution in [2.45, 2.75) is 43.9 Å². The predicted octanol–water partition coefficient (Wildman–Crippen LogP) is 5.77. The molecule has 1 aromatic carbocycles. The Bertz CT molecular complexity index is 684. The molecule has 0 spiro atoms. The zero-order chi connectivity index (χ0) is 16.9. The normalized spacial score (nSPS) is 16.9. The van der Waals surface area contributed by atoms with Gasteiger partial charge in [-0.05, 0) is 30.5 Å². The SMILES string of the molecule is O=C(SC(Cn1ccnc1)c1ccc(Cl)cc1Cl)C1CCCCC1. The lowest BCUT2D eigenvalue weighted by Crippen LogP contribution is -2.17. The average molecular weight is 383 g/mol. The van der Waals surface area contributed by atoms with Crippen LogP contribution in [0, 0.1) is 5.92 Å². The summed E-state index contributed by atoms with van der Waals surface area (Å²) in [5.74, 6) is 0.181. The molecule has 1 aliphatic rings. The summed E-state index contributed by atoms with van der Waals surface area (Å²) in [4.78, 5) is 16.8. The fraction of sp³-hybridized carbons (Fsp3) is 0.444. The van der Waals surface area contributed by atoms with Crippen LogP contribution in [0.4, 0.5) is 0 Å². The lowest BCUT2D eigenvalue weighted by molar-refractivity contribution is -0.115. The number of hydrogen-bond donors (Lipinski definition) is 0. The van der Waals surface area contributed by atoms with E-state index in [1.165, 1.54) is 18.2 Å². The lowest BCUT2D eigenvalue weighted by Gasteiger charge is -2.24. The third kappa shape index (κ3) is 4.56. The Morgan fingerprint density at radius 2 is 2.08 bits per heavy atom. The zero-order valence-electron chi connectivity index (χ0n) is 13.3. The fourth-order valence-electron chi connectivity index (χ4n) is 3.12. The minimum absolute atomic E-state index is 0.0432. The Labute approximate surface area is 156 Å². The molecule has 1 saturated carbocycles. The molecule has 1 unspecified atom stereocenters. The van der Waals surface area contributed by atoms with Crippen LogP contribution in [0.2, 0.25) is 10.0 Å². The maximum Gasteiger partial charge on any atom is 0.192 e. The molecular formula is C18H20Cl2N2OS. The molecule has 0 saturated heterocycles. The van der Waals surface area contributed by atoms with Crippen LogP contribution < -0.4 is 0 Å². The van der Waals surface area contributed by atoms with Crippen molar-refractivity contribution in [1.29, 1.82) is 0 Å². The molecule has 1 aromatic heterocycles. The van der Waals surface area contributed by atoms with E-state index >= 15 is 0 Å². The number of carbonyl (C=O) groups is 1. The van der Waals surface area contributed by atoms with E-state index in [0.717, 1.165) is 31.2 Å². The summed E-state index contributed by atoms with van der Waals surface area (Å²) in [6.07, 6.45) is 11.0. The van der Waals surface area contributed by atoms with Crippen molar-refractivity contribution >= 4 is 40.1 Å². The van der Waals surface area contributed by atoms with Crippen LogP contribution in [0.5, 0.6) is 0 Å². The van der Waals surface area contributed by atoms with Gasteiger partial charge >= 0.3 is 0 Å².